The molecule has 1 aliphatic rings. The quantitative estimate of drug-likeness (QED) is 0.0991. The van der Waals surface area contributed by atoms with Gasteiger partial charge in [-0.2, -0.15) is 8.62 Å². The van der Waals surface area contributed by atoms with Gasteiger partial charge >= 0.3 is 29.2 Å². The summed E-state index contributed by atoms with van der Waals surface area (Å²) in [5.41, 5.74) is -2.49. The van der Waals surface area contributed by atoms with Crippen LogP contribution in [0.25, 0.3) is 0 Å². The third-order valence-electron chi connectivity index (χ3n) is 5.98. The smallest absolute Gasteiger partial charge is 0.390 e. The van der Waals surface area contributed by atoms with Gasteiger partial charge in [-0.3, -0.25) is 29.0 Å². The number of phosphoric ester groups is 1. The minimum Gasteiger partial charge on any atom is -0.390 e. The number of nitrogens with one attached hydrogen (secondary N) is 1. The fraction of sp³-hybridized carbons (Fsp3) is 0.524. The highest BCUT2D eigenvalue weighted by Crippen LogP contribution is 2.66. The lowest BCUT2D eigenvalue weighted by Gasteiger charge is -2.30. The van der Waals surface area contributed by atoms with Gasteiger partial charge in [0, 0.05) is 18.7 Å². The van der Waals surface area contributed by atoms with Gasteiger partial charge in [0.2, 0.25) is 0 Å². The summed E-state index contributed by atoms with van der Waals surface area (Å²) >= 11 is 0. The third kappa shape index (κ3) is 9.79. The van der Waals surface area contributed by atoms with Crippen molar-refractivity contribution in [2.75, 3.05) is 6.61 Å². The van der Waals surface area contributed by atoms with E-state index in [9.17, 15) is 48.3 Å². The van der Waals surface area contributed by atoms with Crippen LogP contribution in [0.1, 0.15) is 50.7 Å². The molecule has 1 saturated heterocycles. The molecule has 0 saturated carbocycles. The maximum absolute atomic E-state index is 12.6. The fourth-order valence-corrected chi connectivity index (χ4v) is 7.24. The molecule has 1 fully saturated rings. The van der Waals surface area contributed by atoms with Crippen molar-refractivity contribution in [1.82, 2.24) is 9.55 Å². The minimum absolute atomic E-state index is 0.0905. The van der Waals surface area contributed by atoms with Crippen molar-refractivity contribution >= 4 is 29.2 Å². The van der Waals surface area contributed by atoms with Crippen LogP contribution in [0.5, 0.6) is 0 Å². The standard InChI is InChI=1S/C21H30N3O17P3/c1-21(2,3)18(13-6-4-5-7-14(13)24(28)29)37-10-12-9-23(20(27)22-19(12)26)17-8-15(25)16(39-17)11-38-43(33,34)41-44(35,36)40-42(30,31)32/h4-7,9,15-18,25H,8,10-11H2,1-3H3,(H,33,34)(H,35,36)(H,22,26,27)(H2,30,31,32)/t15?,16-,17-,18-/m1/s1. The number of para-hydroxylation sites is 1. The lowest BCUT2D eigenvalue weighted by atomic mass is 9.84. The van der Waals surface area contributed by atoms with E-state index < -0.39 is 82.8 Å². The van der Waals surface area contributed by atoms with Crippen molar-refractivity contribution in [2.45, 2.75) is 58.3 Å². The molecule has 1 aliphatic heterocycles. The Morgan fingerprint density at radius 2 is 1.75 bits per heavy atom. The number of rotatable bonds is 13. The number of phosphoric acid groups is 3. The first-order valence-electron chi connectivity index (χ1n) is 12.4. The summed E-state index contributed by atoms with van der Waals surface area (Å²) in [5, 5.41) is 22.0. The van der Waals surface area contributed by atoms with E-state index >= 15 is 0 Å². The molecule has 3 unspecified atom stereocenters. The summed E-state index contributed by atoms with van der Waals surface area (Å²) in [6, 6.07) is 5.93. The van der Waals surface area contributed by atoms with Gasteiger partial charge in [0.25, 0.3) is 11.2 Å². The molecule has 0 bridgehead atoms. The number of benzene rings is 1. The van der Waals surface area contributed by atoms with Crippen molar-refractivity contribution < 1.29 is 65.9 Å². The molecule has 3 rings (SSSR count). The Hall–Kier alpha value is -2.41. The summed E-state index contributed by atoms with van der Waals surface area (Å²) in [4.78, 5) is 74.3. The van der Waals surface area contributed by atoms with Crippen LogP contribution < -0.4 is 11.2 Å². The molecular formula is C21H30N3O17P3. The summed E-state index contributed by atoms with van der Waals surface area (Å²) < 4.78 is 58.3. The predicted octanol–water partition coefficient (Wildman–Crippen LogP) is 1.74. The molecule has 2 aromatic rings. The Morgan fingerprint density at radius 1 is 1.11 bits per heavy atom. The monoisotopic (exact) mass is 689 g/mol. The van der Waals surface area contributed by atoms with Crippen LogP contribution in [0.15, 0.2) is 40.1 Å². The van der Waals surface area contributed by atoms with E-state index in [1.165, 1.54) is 18.2 Å². The van der Waals surface area contributed by atoms with Crippen LogP contribution >= 0.6 is 23.5 Å². The largest absolute Gasteiger partial charge is 0.490 e. The average Bonchev–Trinajstić information content (AvgIpc) is 3.21. The second kappa shape index (κ2) is 13.5. The van der Waals surface area contributed by atoms with Gasteiger partial charge in [-0.05, 0) is 11.5 Å². The number of hydrogen-bond donors (Lipinski definition) is 6. The van der Waals surface area contributed by atoms with E-state index in [0.29, 0.717) is 0 Å². The molecule has 6 atom stereocenters. The van der Waals surface area contributed by atoms with Crippen molar-refractivity contribution in [3.05, 3.63) is 72.5 Å². The van der Waals surface area contributed by atoms with Crippen molar-refractivity contribution in [3.8, 4) is 0 Å². The van der Waals surface area contributed by atoms with Crippen LogP contribution in [-0.4, -0.2) is 58.0 Å². The zero-order valence-corrected chi connectivity index (χ0v) is 25.9. The van der Waals surface area contributed by atoms with Crippen molar-refractivity contribution in [3.63, 3.8) is 0 Å². The van der Waals surface area contributed by atoms with Gasteiger partial charge in [-0.25, -0.2) is 18.5 Å². The number of aromatic amines is 1. The van der Waals surface area contributed by atoms with E-state index in [4.69, 9.17) is 19.3 Å². The molecule has 0 radical (unpaired) electrons. The molecule has 20 nitrogen and oxygen atoms in total. The molecule has 246 valence electrons. The van der Waals surface area contributed by atoms with Gasteiger partial charge in [0.05, 0.1) is 41.5 Å². The van der Waals surface area contributed by atoms with Crippen LogP contribution in [0.3, 0.4) is 0 Å². The number of nitro benzene ring substituents is 1. The van der Waals surface area contributed by atoms with Gasteiger partial charge in [-0.1, -0.05) is 32.9 Å². The van der Waals surface area contributed by atoms with Crippen LogP contribution in [0.4, 0.5) is 5.69 Å². The Kier molecular flexibility index (Phi) is 11.1. The topological polar surface area (TPSA) is 297 Å². The Bertz CT molecular complexity index is 1630. The number of aliphatic hydroxyl groups is 1. The molecule has 6 N–H and O–H groups in total. The van der Waals surface area contributed by atoms with Gasteiger partial charge in [0.1, 0.15) is 12.3 Å². The average molecular weight is 689 g/mol. The number of aromatic nitrogens is 2. The lowest BCUT2D eigenvalue weighted by Crippen LogP contribution is -2.35. The van der Waals surface area contributed by atoms with Crippen molar-refractivity contribution in [2.24, 2.45) is 5.41 Å². The second-order valence-corrected chi connectivity index (χ2v) is 14.9. The summed E-state index contributed by atoms with van der Waals surface area (Å²) in [6.07, 6.45) is -4.24. The maximum atomic E-state index is 12.6. The number of aliphatic hydroxyl groups excluding tert-OH is 1. The highest BCUT2D eigenvalue weighted by molar-refractivity contribution is 7.66. The predicted molar refractivity (Wildman–Crippen MR) is 146 cm³/mol. The third-order valence-corrected chi connectivity index (χ3v) is 9.78. The lowest BCUT2D eigenvalue weighted by molar-refractivity contribution is -0.386. The fourth-order valence-electron chi connectivity index (χ4n) is 4.21. The number of ether oxygens (including phenoxy) is 2. The van der Waals surface area contributed by atoms with Crippen LogP contribution in [0, 0.1) is 15.5 Å². The number of nitro groups is 1. The first-order chi connectivity index (χ1) is 20.1. The van der Waals surface area contributed by atoms with Crippen molar-refractivity contribution in [1.29, 1.82) is 0 Å². The summed E-state index contributed by atoms with van der Waals surface area (Å²) in [7, 11) is -16.9. The molecule has 23 heteroatoms. The zero-order valence-electron chi connectivity index (χ0n) is 23.2. The van der Waals surface area contributed by atoms with Gasteiger partial charge in [-0.15, -0.1) is 0 Å². The Morgan fingerprint density at radius 3 is 2.34 bits per heavy atom. The Balaban J connectivity index is 1.75. The van der Waals surface area contributed by atoms with E-state index in [1.54, 1.807) is 26.8 Å². The molecule has 2 heterocycles. The van der Waals surface area contributed by atoms with Gasteiger partial charge in [0.15, 0.2) is 0 Å². The minimum atomic E-state index is -5.77. The van der Waals surface area contributed by atoms with Crippen LogP contribution in [-0.2, 0) is 42.9 Å². The van der Waals surface area contributed by atoms with Gasteiger partial charge < -0.3 is 34.2 Å². The number of nitrogens with zero attached hydrogens (tertiary/aromatic N) is 2. The van der Waals surface area contributed by atoms with E-state index in [-0.39, 0.29) is 23.2 Å². The highest BCUT2D eigenvalue weighted by Gasteiger charge is 2.43. The molecule has 0 aliphatic carbocycles. The second-order valence-electron chi connectivity index (χ2n) is 10.5. The molecular weight excluding hydrogens is 659 g/mol. The summed E-state index contributed by atoms with van der Waals surface area (Å²) in [5.74, 6) is 0. The maximum Gasteiger partial charge on any atom is 0.490 e. The number of H-pyrrole nitrogens is 1. The molecule has 1 aromatic carbocycles. The van der Waals surface area contributed by atoms with E-state index in [2.05, 4.69) is 18.1 Å². The number of hydrogen-bond acceptors (Lipinski definition) is 13. The first kappa shape index (κ1) is 36.1. The summed E-state index contributed by atoms with van der Waals surface area (Å²) in [6.45, 7) is 3.94. The molecule has 44 heavy (non-hydrogen) atoms. The highest BCUT2D eigenvalue weighted by atomic mass is 31.3. The molecule has 0 spiro atoms. The van der Waals surface area contributed by atoms with E-state index in [0.717, 1.165) is 10.8 Å². The first-order valence-corrected chi connectivity index (χ1v) is 16.9. The molecule has 1 aromatic heterocycles. The Labute approximate surface area is 247 Å². The van der Waals surface area contributed by atoms with E-state index in [1.807, 2.05) is 0 Å². The SMILES string of the molecule is CC(C)(C)[C@H](OCc1cn([C@H]2CC(O)[C@@H](COP(=O)(O)OP(=O)(O)OP(=O)(O)O)O2)c(=O)[nH]c1=O)c1ccccc1[N+](=O)[O-]. The molecule has 0 amide bonds. The normalized spacial score (nSPS) is 22.7. The zero-order chi connectivity index (χ0) is 33.3. The van der Waals surface area contributed by atoms with Crippen LogP contribution in [0.2, 0.25) is 0 Å².